The van der Waals surface area contributed by atoms with Crippen LogP contribution in [0.5, 0.6) is 0 Å². The maximum atomic E-state index is 9.96. The molecule has 1 aromatic rings. The number of nitrogens with two attached hydrogens (primary N) is 1. The van der Waals surface area contributed by atoms with Crippen molar-refractivity contribution >= 4 is 17.2 Å². The van der Waals surface area contributed by atoms with Crippen molar-refractivity contribution in [3.8, 4) is 0 Å². The van der Waals surface area contributed by atoms with Gasteiger partial charge in [-0.3, -0.25) is 4.90 Å². The van der Waals surface area contributed by atoms with E-state index in [-0.39, 0.29) is 12.1 Å². The second-order valence-electron chi connectivity index (χ2n) is 6.05. The molecule has 0 saturated carbocycles. The molecule has 20 heavy (non-hydrogen) atoms. The molecule has 3 unspecified atom stereocenters. The summed E-state index contributed by atoms with van der Waals surface area (Å²) in [5.74, 6) is 0. The maximum Gasteiger partial charge on any atom is 0.0746 e. The van der Waals surface area contributed by atoms with Gasteiger partial charge in [0.1, 0.15) is 0 Å². The van der Waals surface area contributed by atoms with Crippen LogP contribution in [0.3, 0.4) is 0 Å². The number of hydrogen-bond donors (Lipinski definition) is 2. The molecular weight excluding hydrogens is 268 g/mol. The molecule has 0 amide bonds. The predicted octanol–water partition coefficient (Wildman–Crippen LogP) is 2.39. The summed E-state index contributed by atoms with van der Waals surface area (Å²) in [6, 6.07) is 11.7. The van der Waals surface area contributed by atoms with Gasteiger partial charge < -0.3 is 10.8 Å². The molecule has 3 rings (SSSR count). The highest BCUT2D eigenvalue weighted by atomic mass is 32.1. The van der Waals surface area contributed by atoms with E-state index in [0.29, 0.717) is 17.1 Å². The normalized spacial score (nSPS) is 31.1. The van der Waals surface area contributed by atoms with Crippen LogP contribution in [-0.2, 0) is 0 Å². The predicted molar refractivity (Wildman–Crippen MR) is 84.5 cm³/mol. The Bertz CT molecular complexity index is 465. The zero-order chi connectivity index (χ0) is 14.1. The number of fused-ring (bicyclic) bond motifs is 2. The molecule has 1 aromatic carbocycles. The standard InChI is InChI=1S/C16H22N2OS/c17-16(20)10-15(11-4-2-1-3-5-11)18-12-6-7-13(18)9-14(19)8-12/h1-5,12-15,19H,6-10H2,(H2,17,20). The molecule has 0 radical (unpaired) electrons. The van der Waals surface area contributed by atoms with Crippen LogP contribution in [-0.4, -0.2) is 33.2 Å². The SMILES string of the molecule is NC(=S)CC(c1ccccc1)N1C2CCC1CC(O)C2. The van der Waals surface area contributed by atoms with Crippen LogP contribution in [0.25, 0.3) is 0 Å². The molecule has 4 heteroatoms. The van der Waals surface area contributed by atoms with Gasteiger partial charge in [-0.15, -0.1) is 0 Å². The Morgan fingerprint density at radius 1 is 1.25 bits per heavy atom. The van der Waals surface area contributed by atoms with E-state index >= 15 is 0 Å². The van der Waals surface area contributed by atoms with Gasteiger partial charge >= 0.3 is 0 Å². The first-order valence-electron chi connectivity index (χ1n) is 7.44. The van der Waals surface area contributed by atoms with Crippen molar-refractivity contribution in [1.29, 1.82) is 0 Å². The number of thiocarbonyl (C=S) groups is 1. The lowest BCUT2D eigenvalue weighted by Crippen LogP contribution is -2.47. The Morgan fingerprint density at radius 2 is 1.85 bits per heavy atom. The number of aliphatic hydroxyl groups is 1. The molecule has 3 atom stereocenters. The molecule has 0 aliphatic carbocycles. The van der Waals surface area contributed by atoms with Crippen LogP contribution < -0.4 is 5.73 Å². The highest BCUT2D eigenvalue weighted by Gasteiger charge is 2.43. The molecule has 3 N–H and O–H groups in total. The average Bonchev–Trinajstić information content (AvgIpc) is 2.68. The van der Waals surface area contributed by atoms with Crippen molar-refractivity contribution in [1.82, 2.24) is 4.90 Å². The summed E-state index contributed by atoms with van der Waals surface area (Å²) >= 11 is 5.16. The minimum atomic E-state index is -0.134. The van der Waals surface area contributed by atoms with Gasteiger partial charge in [0.05, 0.1) is 11.1 Å². The number of benzene rings is 1. The first-order valence-corrected chi connectivity index (χ1v) is 7.84. The molecular formula is C16H22N2OS. The largest absolute Gasteiger partial charge is 0.393 e. The monoisotopic (exact) mass is 290 g/mol. The van der Waals surface area contributed by atoms with Crippen LogP contribution in [0.1, 0.15) is 43.7 Å². The maximum absolute atomic E-state index is 9.96. The lowest BCUT2D eigenvalue weighted by molar-refractivity contribution is 0.0112. The fourth-order valence-corrected chi connectivity index (χ4v) is 4.11. The van der Waals surface area contributed by atoms with Crippen molar-refractivity contribution < 1.29 is 5.11 Å². The fraction of sp³-hybridized carbons (Fsp3) is 0.562. The topological polar surface area (TPSA) is 49.5 Å². The van der Waals surface area contributed by atoms with Gasteiger partial charge in [-0.2, -0.15) is 0 Å². The van der Waals surface area contributed by atoms with E-state index < -0.39 is 0 Å². The second-order valence-corrected chi connectivity index (χ2v) is 6.58. The van der Waals surface area contributed by atoms with Crippen molar-refractivity contribution in [2.24, 2.45) is 5.73 Å². The third-order valence-electron chi connectivity index (χ3n) is 4.70. The van der Waals surface area contributed by atoms with E-state index in [1.54, 1.807) is 0 Å². The molecule has 108 valence electrons. The third-order valence-corrected chi connectivity index (χ3v) is 4.87. The Kier molecular flexibility index (Phi) is 4.06. The lowest BCUT2D eigenvalue weighted by Gasteiger charge is -2.42. The molecule has 2 saturated heterocycles. The molecule has 2 aliphatic rings. The van der Waals surface area contributed by atoms with Gasteiger partial charge in [0, 0.05) is 24.5 Å². The van der Waals surface area contributed by atoms with Crippen LogP contribution in [0.2, 0.25) is 0 Å². The van der Waals surface area contributed by atoms with Crippen LogP contribution in [0.15, 0.2) is 30.3 Å². The van der Waals surface area contributed by atoms with E-state index in [1.165, 1.54) is 18.4 Å². The van der Waals surface area contributed by atoms with Crippen molar-refractivity contribution in [2.45, 2.75) is 56.3 Å². The highest BCUT2D eigenvalue weighted by Crippen LogP contribution is 2.42. The molecule has 2 heterocycles. The Morgan fingerprint density at radius 3 is 2.40 bits per heavy atom. The first-order chi connectivity index (χ1) is 9.65. The number of aliphatic hydroxyl groups excluding tert-OH is 1. The van der Waals surface area contributed by atoms with E-state index in [2.05, 4.69) is 29.2 Å². The zero-order valence-electron chi connectivity index (χ0n) is 11.6. The quantitative estimate of drug-likeness (QED) is 0.836. The molecule has 2 bridgehead atoms. The second kappa shape index (κ2) is 5.80. The number of hydrogen-bond acceptors (Lipinski definition) is 3. The van der Waals surface area contributed by atoms with Gasteiger partial charge in [0.2, 0.25) is 0 Å². The summed E-state index contributed by atoms with van der Waals surface area (Å²) in [6.07, 6.45) is 4.73. The summed E-state index contributed by atoms with van der Waals surface area (Å²) < 4.78 is 0. The van der Waals surface area contributed by atoms with E-state index in [9.17, 15) is 5.11 Å². The number of rotatable bonds is 4. The summed E-state index contributed by atoms with van der Waals surface area (Å²) in [5.41, 5.74) is 7.12. The summed E-state index contributed by atoms with van der Waals surface area (Å²) in [5, 5.41) is 9.96. The van der Waals surface area contributed by atoms with Crippen LogP contribution in [0.4, 0.5) is 0 Å². The molecule has 0 aromatic heterocycles. The van der Waals surface area contributed by atoms with Crippen molar-refractivity contribution in [2.75, 3.05) is 0 Å². The Balaban J connectivity index is 1.88. The zero-order valence-corrected chi connectivity index (χ0v) is 12.4. The van der Waals surface area contributed by atoms with E-state index in [4.69, 9.17) is 18.0 Å². The Labute approximate surface area is 125 Å². The molecule has 2 fully saturated rings. The summed E-state index contributed by atoms with van der Waals surface area (Å²) in [6.45, 7) is 0. The fourth-order valence-electron chi connectivity index (χ4n) is 3.95. The van der Waals surface area contributed by atoms with Gasteiger partial charge in [0.15, 0.2) is 0 Å². The third kappa shape index (κ3) is 2.73. The smallest absolute Gasteiger partial charge is 0.0746 e. The van der Waals surface area contributed by atoms with Gasteiger partial charge in [-0.05, 0) is 31.2 Å². The molecule has 0 spiro atoms. The molecule has 3 nitrogen and oxygen atoms in total. The van der Waals surface area contributed by atoms with Crippen molar-refractivity contribution in [3.05, 3.63) is 35.9 Å². The van der Waals surface area contributed by atoms with E-state index in [0.717, 1.165) is 19.3 Å². The minimum Gasteiger partial charge on any atom is -0.393 e. The average molecular weight is 290 g/mol. The van der Waals surface area contributed by atoms with Crippen LogP contribution in [0, 0.1) is 0 Å². The van der Waals surface area contributed by atoms with E-state index in [1.807, 2.05) is 6.07 Å². The first kappa shape index (κ1) is 14.0. The number of nitrogens with zero attached hydrogens (tertiary/aromatic N) is 1. The van der Waals surface area contributed by atoms with Crippen LogP contribution >= 0.6 is 12.2 Å². The van der Waals surface area contributed by atoms with Gasteiger partial charge in [-0.1, -0.05) is 42.5 Å². The van der Waals surface area contributed by atoms with Gasteiger partial charge in [-0.25, -0.2) is 0 Å². The minimum absolute atomic E-state index is 0.134. The number of piperidine rings is 1. The molecule has 2 aliphatic heterocycles. The Hall–Kier alpha value is -0.970. The summed E-state index contributed by atoms with van der Waals surface area (Å²) in [4.78, 5) is 3.14. The summed E-state index contributed by atoms with van der Waals surface area (Å²) in [7, 11) is 0. The van der Waals surface area contributed by atoms with Crippen molar-refractivity contribution in [3.63, 3.8) is 0 Å². The highest BCUT2D eigenvalue weighted by molar-refractivity contribution is 7.80. The lowest BCUT2D eigenvalue weighted by atomic mass is 9.93. The van der Waals surface area contributed by atoms with Gasteiger partial charge in [0.25, 0.3) is 0 Å².